The summed E-state index contributed by atoms with van der Waals surface area (Å²) in [4.78, 5) is 17.5. The van der Waals surface area contributed by atoms with Gasteiger partial charge in [0.05, 0.1) is 33.5 Å². The first-order valence-electron chi connectivity index (χ1n) is 11.0. The van der Waals surface area contributed by atoms with Crippen LogP contribution in [0.3, 0.4) is 0 Å². The molecule has 2 N–H and O–H groups in total. The smallest absolute Gasteiger partial charge is 0.255 e. The SMILES string of the molecule is COc1ccc(NC(=O)c2cc(O)c(CN3CCOCC3)c(CN3CCOCC3)c2)cc1. The Labute approximate surface area is 188 Å². The number of nitrogens with one attached hydrogen (secondary N) is 1. The van der Waals surface area contributed by atoms with Crippen LogP contribution in [0.4, 0.5) is 5.69 Å². The third-order valence-corrected chi connectivity index (χ3v) is 5.91. The second kappa shape index (κ2) is 10.8. The first-order valence-corrected chi connectivity index (χ1v) is 11.0. The molecule has 2 aliphatic rings. The first-order chi connectivity index (χ1) is 15.6. The number of ether oxygens (including phenoxy) is 3. The van der Waals surface area contributed by atoms with Crippen LogP contribution in [0.25, 0.3) is 0 Å². The number of hydrogen-bond donors (Lipinski definition) is 2. The van der Waals surface area contributed by atoms with E-state index >= 15 is 0 Å². The molecule has 2 saturated heterocycles. The zero-order valence-electron chi connectivity index (χ0n) is 18.5. The van der Waals surface area contributed by atoms with E-state index in [4.69, 9.17) is 14.2 Å². The highest BCUT2D eigenvalue weighted by molar-refractivity contribution is 6.04. The maximum absolute atomic E-state index is 13.0. The van der Waals surface area contributed by atoms with Crippen molar-refractivity contribution in [3.63, 3.8) is 0 Å². The molecule has 1 amide bonds. The second-order valence-corrected chi connectivity index (χ2v) is 8.09. The number of benzene rings is 2. The van der Waals surface area contributed by atoms with E-state index in [9.17, 15) is 9.90 Å². The highest BCUT2D eigenvalue weighted by Gasteiger charge is 2.21. The van der Waals surface area contributed by atoms with E-state index in [1.165, 1.54) is 0 Å². The number of rotatable bonds is 7. The van der Waals surface area contributed by atoms with Crippen molar-refractivity contribution in [1.29, 1.82) is 0 Å². The summed E-state index contributed by atoms with van der Waals surface area (Å²) in [6.07, 6.45) is 0. The topological polar surface area (TPSA) is 83.5 Å². The van der Waals surface area contributed by atoms with E-state index in [1.54, 1.807) is 37.4 Å². The minimum Gasteiger partial charge on any atom is -0.508 e. The molecule has 0 atom stereocenters. The lowest BCUT2D eigenvalue weighted by Crippen LogP contribution is -2.37. The molecular weight excluding hydrogens is 410 g/mol. The third-order valence-electron chi connectivity index (χ3n) is 5.91. The summed E-state index contributed by atoms with van der Waals surface area (Å²) in [7, 11) is 1.60. The van der Waals surface area contributed by atoms with E-state index in [1.807, 2.05) is 6.07 Å². The van der Waals surface area contributed by atoms with Crippen molar-refractivity contribution in [3.05, 3.63) is 53.1 Å². The van der Waals surface area contributed by atoms with Crippen molar-refractivity contribution in [2.75, 3.05) is 65.0 Å². The molecule has 2 aromatic rings. The van der Waals surface area contributed by atoms with Gasteiger partial charge in [-0.3, -0.25) is 14.6 Å². The van der Waals surface area contributed by atoms with Gasteiger partial charge in [-0.05, 0) is 42.0 Å². The number of phenols is 1. The van der Waals surface area contributed by atoms with Crippen molar-refractivity contribution in [1.82, 2.24) is 9.80 Å². The van der Waals surface area contributed by atoms with E-state index in [0.717, 1.165) is 43.1 Å². The van der Waals surface area contributed by atoms with Gasteiger partial charge in [0, 0.05) is 56.1 Å². The van der Waals surface area contributed by atoms with Crippen LogP contribution in [0.15, 0.2) is 36.4 Å². The molecule has 2 heterocycles. The van der Waals surface area contributed by atoms with Crippen LogP contribution in [0.1, 0.15) is 21.5 Å². The molecule has 0 unspecified atom stereocenters. The lowest BCUT2D eigenvalue weighted by Gasteiger charge is -2.30. The monoisotopic (exact) mass is 441 g/mol. The van der Waals surface area contributed by atoms with E-state index in [-0.39, 0.29) is 11.7 Å². The number of phenolic OH excluding ortho intramolecular Hbond substituents is 1. The number of aromatic hydroxyl groups is 1. The molecule has 2 fully saturated rings. The number of carbonyl (C=O) groups is 1. The van der Waals surface area contributed by atoms with Gasteiger partial charge in [-0.25, -0.2) is 0 Å². The lowest BCUT2D eigenvalue weighted by atomic mass is 10.00. The first kappa shape index (κ1) is 22.5. The standard InChI is InChI=1S/C24H31N3O5/c1-30-21-4-2-20(3-5-21)25-24(29)18-14-19(16-26-6-10-31-11-7-26)22(23(28)15-18)17-27-8-12-32-13-9-27/h2-5,14-15,28H,6-13,16-17H2,1H3,(H,25,29). The Bertz CT molecular complexity index is 907. The van der Waals surface area contributed by atoms with Gasteiger partial charge in [0.25, 0.3) is 5.91 Å². The number of hydrogen-bond acceptors (Lipinski definition) is 7. The highest BCUT2D eigenvalue weighted by Crippen LogP contribution is 2.28. The zero-order valence-corrected chi connectivity index (χ0v) is 18.5. The van der Waals surface area contributed by atoms with Gasteiger partial charge < -0.3 is 24.6 Å². The maximum atomic E-state index is 13.0. The number of methoxy groups -OCH3 is 1. The molecule has 0 aliphatic carbocycles. The van der Waals surface area contributed by atoms with Crippen LogP contribution >= 0.6 is 0 Å². The summed E-state index contributed by atoms with van der Waals surface area (Å²) in [5, 5.41) is 13.8. The van der Waals surface area contributed by atoms with Crippen LogP contribution in [-0.4, -0.2) is 80.5 Å². The van der Waals surface area contributed by atoms with Gasteiger partial charge in [0.1, 0.15) is 11.5 Å². The van der Waals surface area contributed by atoms with Crippen LogP contribution in [0, 0.1) is 0 Å². The number of anilines is 1. The van der Waals surface area contributed by atoms with Gasteiger partial charge in [-0.1, -0.05) is 0 Å². The van der Waals surface area contributed by atoms with E-state index in [2.05, 4.69) is 15.1 Å². The van der Waals surface area contributed by atoms with Gasteiger partial charge in [0.2, 0.25) is 0 Å². The number of nitrogens with zero attached hydrogens (tertiary/aromatic N) is 2. The molecule has 2 aromatic carbocycles. The molecular formula is C24H31N3O5. The van der Waals surface area contributed by atoms with Gasteiger partial charge in [-0.15, -0.1) is 0 Å². The molecule has 172 valence electrons. The fourth-order valence-corrected chi connectivity index (χ4v) is 4.03. The number of carbonyl (C=O) groups excluding carboxylic acids is 1. The molecule has 4 rings (SSSR count). The van der Waals surface area contributed by atoms with Crippen LogP contribution in [0.2, 0.25) is 0 Å². The zero-order chi connectivity index (χ0) is 22.3. The highest BCUT2D eigenvalue weighted by atomic mass is 16.5. The molecule has 8 heteroatoms. The van der Waals surface area contributed by atoms with Gasteiger partial charge >= 0.3 is 0 Å². The van der Waals surface area contributed by atoms with E-state index < -0.39 is 0 Å². The Morgan fingerprint density at radius 3 is 2.16 bits per heavy atom. The third kappa shape index (κ3) is 5.77. The summed E-state index contributed by atoms with van der Waals surface area (Å²) in [6, 6.07) is 10.6. The average molecular weight is 442 g/mol. The minimum absolute atomic E-state index is 0.155. The normalized spacial score (nSPS) is 17.8. The molecule has 0 aromatic heterocycles. The molecule has 2 aliphatic heterocycles. The van der Waals surface area contributed by atoms with Crippen LogP contribution < -0.4 is 10.1 Å². The van der Waals surface area contributed by atoms with Gasteiger partial charge in [0.15, 0.2) is 0 Å². The van der Waals surface area contributed by atoms with Crippen molar-refractivity contribution >= 4 is 11.6 Å². The Kier molecular flexibility index (Phi) is 7.59. The van der Waals surface area contributed by atoms with Crippen LogP contribution in [0.5, 0.6) is 11.5 Å². The quantitative estimate of drug-likeness (QED) is 0.682. The Morgan fingerprint density at radius 1 is 0.969 bits per heavy atom. The number of amides is 1. The number of morpholine rings is 2. The maximum Gasteiger partial charge on any atom is 0.255 e. The Hall–Kier alpha value is -2.65. The minimum atomic E-state index is -0.258. The fourth-order valence-electron chi connectivity index (χ4n) is 4.03. The predicted molar refractivity (Wildman–Crippen MR) is 121 cm³/mol. The van der Waals surface area contributed by atoms with Crippen molar-refractivity contribution in [2.45, 2.75) is 13.1 Å². The lowest BCUT2D eigenvalue weighted by molar-refractivity contribution is 0.0306. The summed E-state index contributed by atoms with van der Waals surface area (Å²) >= 11 is 0. The summed E-state index contributed by atoms with van der Waals surface area (Å²) < 4.78 is 16.1. The Balaban J connectivity index is 1.56. The van der Waals surface area contributed by atoms with Crippen molar-refractivity contribution in [2.24, 2.45) is 0 Å². The van der Waals surface area contributed by atoms with Crippen molar-refractivity contribution < 1.29 is 24.1 Å². The fraction of sp³-hybridized carbons (Fsp3) is 0.458. The van der Waals surface area contributed by atoms with Crippen molar-refractivity contribution in [3.8, 4) is 11.5 Å². The largest absolute Gasteiger partial charge is 0.508 e. The molecule has 0 radical (unpaired) electrons. The summed E-state index contributed by atoms with van der Waals surface area (Å²) in [5.74, 6) is 0.620. The molecule has 0 saturated carbocycles. The summed E-state index contributed by atoms with van der Waals surface area (Å²) in [5.41, 5.74) is 2.95. The molecule has 0 bridgehead atoms. The van der Waals surface area contributed by atoms with E-state index in [0.29, 0.717) is 50.8 Å². The molecule has 0 spiro atoms. The Morgan fingerprint density at radius 2 is 1.56 bits per heavy atom. The average Bonchev–Trinajstić information content (AvgIpc) is 2.83. The molecule has 32 heavy (non-hydrogen) atoms. The second-order valence-electron chi connectivity index (χ2n) is 8.09. The van der Waals surface area contributed by atoms with Crippen LogP contribution in [-0.2, 0) is 22.6 Å². The molecule has 8 nitrogen and oxygen atoms in total. The predicted octanol–water partition coefficient (Wildman–Crippen LogP) is 2.32. The van der Waals surface area contributed by atoms with Gasteiger partial charge in [-0.2, -0.15) is 0 Å². The summed E-state index contributed by atoms with van der Waals surface area (Å²) in [6.45, 7) is 7.41.